The molecule has 1 N–H and O–H groups in total. The third-order valence-corrected chi connectivity index (χ3v) is 5.57. The number of allylic oxidation sites excluding steroid dienone is 4. The van der Waals surface area contributed by atoms with Crippen LogP contribution in [0.15, 0.2) is 46.3 Å². The maximum absolute atomic E-state index is 13.7. The van der Waals surface area contributed by atoms with E-state index in [0.29, 0.717) is 46.1 Å². The first-order chi connectivity index (χ1) is 14.7. The van der Waals surface area contributed by atoms with E-state index in [4.69, 9.17) is 9.47 Å². The minimum absolute atomic E-state index is 0.0683. The summed E-state index contributed by atoms with van der Waals surface area (Å²) >= 11 is 0. The number of fused-ring (bicyclic) bond motifs is 2. The molecule has 0 amide bonds. The largest absolute Gasteiger partial charge is 0.506 e. The Morgan fingerprint density at radius 2 is 1.52 bits per heavy atom. The normalized spacial score (nSPS) is 10.9. The molecule has 0 radical (unpaired) electrons. The van der Waals surface area contributed by atoms with Crippen LogP contribution in [0.2, 0.25) is 0 Å². The number of benzene rings is 2. The SMILES string of the molecule is COc1c(CC=C(C)C)c(OC)c2c(=O)c3cccc(O)c3n(C)c2c1CC=C(C)C. The topological polar surface area (TPSA) is 60.7 Å². The molecule has 5 heteroatoms. The van der Waals surface area contributed by atoms with Crippen LogP contribution in [-0.2, 0) is 19.9 Å². The van der Waals surface area contributed by atoms with Gasteiger partial charge in [-0.3, -0.25) is 4.79 Å². The quantitative estimate of drug-likeness (QED) is 0.426. The molecule has 0 aliphatic rings. The highest BCUT2D eigenvalue weighted by Crippen LogP contribution is 2.42. The average molecular weight is 422 g/mol. The molecule has 0 bridgehead atoms. The lowest BCUT2D eigenvalue weighted by Crippen LogP contribution is -2.15. The second kappa shape index (κ2) is 8.88. The highest BCUT2D eigenvalue weighted by Gasteiger charge is 2.25. The van der Waals surface area contributed by atoms with Crippen molar-refractivity contribution in [1.29, 1.82) is 0 Å². The molecule has 2 aromatic carbocycles. The van der Waals surface area contributed by atoms with Gasteiger partial charge >= 0.3 is 0 Å². The van der Waals surface area contributed by atoms with E-state index in [0.717, 1.165) is 11.1 Å². The van der Waals surface area contributed by atoms with E-state index in [9.17, 15) is 9.90 Å². The van der Waals surface area contributed by atoms with Crippen LogP contribution in [0.3, 0.4) is 0 Å². The molecule has 0 aliphatic carbocycles. The number of aryl methyl sites for hydroxylation is 1. The number of rotatable bonds is 6. The zero-order chi connectivity index (χ0) is 22.9. The minimum Gasteiger partial charge on any atom is -0.506 e. The van der Waals surface area contributed by atoms with Gasteiger partial charge in [0, 0.05) is 18.2 Å². The lowest BCUT2D eigenvalue weighted by Gasteiger charge is -2.22. The predicted molar refractivity (Wildman–Crippen MR) is 128 cm³/mol. The van der Waals surface area contributed by atoms with Crippen LogP contribution in [0.1, 0.15) is 38.8 Å². The fourth-order valence-electron chi connectivity index (χ4n) is 4.16. The van der Waals surface area contributed by atoms with E-state index >= 15 is 0 Å². The molecule has 0 spiro atoms. The van der Waals surface area contributed by atoms with Gasteiger partial charge in [-0.05, 0) is 52.7 Å². The zero-order valence-electron chi connectivity index (χ0n) is 19.4. The first kappa shape index (κ1) is 22.5. The molecule has 0 atom stereocenters. The summed E-state index contributed by atoms with van der Waals surface area (Å²) in [7, 11) is 5.10. The third kappa shape index (κ3) is 3.92. The molecule has 3 aromatic rings. The summed E-state index contributed by atoms with van der Waals surface area (Å²) in [5, 5.41) is 11.5. The summed E-state index contributed by atoms with van der Waals surface area (Å²) in [4.78, 5) is 13.7. The summed E-state index contributed by atoms with van der Waals surface area (Å²) in [5.41, 5.74) is 5.16. The van der Waals surface area contributed by atoms with E-state index in [1.54, 1.807) is 32.4 Å². The van der Waals surface area contributed by atoms with Crippen molar-refractivity contribution < 1.29 is 14.6 Å². The smallest absolute Gasteiger partial charge is 0.201 e. The van der Waals surface area contributed by atoms with Crippen LogP contribution in [0, 0.1) is 0 Å². The Hall–Kier alpha value is -3.21. The van der Waals surface area contributed by atoms with Gasteiger partial charge in [0.05, 0.1) is 36.0 Å². The number of para-hydroxylation sites is 1. The summed E-state index contributed by atoms with van der Waals surface area (Å²) in [5.74, 6) is 1.30. The molecular formula is C26H31NO4. The molecular weight excluding hydrogens is 390 g/mol. The van der Waals surface area contributed by atoms with Crippen molar-refractivity contribution in [2.24, 2.45) is 7.05 Å². The Bertz CT molecular complexity index is 1270. The van der Waals surface area contributed by atoms with Crippen molar-refractivity contribution in [3.05, 3.63) is 62.8 Å². The van der Waals surface area contributed by atoms with Crippen LogP contribution in [0.4, 0.5) is 0 Å². The van der Waals surface area contributed by atoms with Crippen LogP contribution in [0.5, 0.6) is 17.2 Å². The molecule has 0 saturated carbocycles. The van der Waals surface area contributed by atoms with Gasteiger partial charge in [-0.2, -0.15) is 0 Å². The van der Waals surface area contributed by atoms with E-state index in [1.165, 1.54) is 11.1 Å². The minimum atomic E-state index is -0.157. The van der Waals surface area contributed by atoms with Crippen molar-refractivity contribution in [2.45, 2.75) is 40.5 Å². The number of hydrogen-bond acceptors (Lipinski definition) is 4. The molecule has 3 rings (SSSR count). The van der Waals surface area contributed by atoms with Gasteiger partial charge in [0.1, 0.15) is 17.2 Å². The molecule has 0 aliphatic heterocycles. The number of aromatic nitrogens is 1. The molecule has 0 unspecified atom stereocenters. The van der Waals surface area contributed by atoms with Gasteiger partial charge in [-0.25, -0.2) is 0 Å². The first-order valence-corrected chi connectivity index (χ1v) is 10.4. The van der Waals surface area contributed by atoms with Gasteiger partial charge in [-0.1, -0.05) is 29.4 Å². The van der Waals surface area contributed by atoms with Crippen molar-refractivity contribution in [1.82, 2.24) is 4.57 Å². The van der Waals surface area contributed by atoms with Crippen molar-refractivity contribution in [3.8, 4) is 17.2 Å². The Morgan fingerprint density at radius 1 is 0.935 bits per heavy atom. The Kier molecular flexibility index (Phi) is 6.44. The van der Waals surface area contributed by atoms with Crippen molar-refractivity contribution in [3.63, 3.8) is 0 Å². The second-order valence-corrected chi connectivity index (χ2v) is 8.28. The van der Waals surface area contributed by atoms with Crippen molar-refractivity contribution >= 4 is 21.8 Å². The second-order valence-electron chi connectivity index (χ2n) is 8.28. The maximum atomic E-state index is 13.7. The summed E-state index contributed by atoms with van der Waals surface area (Å²) in [6.07, 6.45) is 5.41. The monoisotopic (exact) mass is 421 g/mol. The Balaban J connectivity index is 2.65. The number of aromatic hydroxyl groups is 1. The standard InChI is InChI=1S/C26H31NO4/c1-15(2)11-13-18-23-21(24(29)17-9-8-10-20(28)22(17)27(23)5)26(31-7)19(25(18)30-6)14-12-16(3)4/h8-12,28H,13-14H2,1-7H3. The van der Waals surface area contributed by atoms with Crippen LogP contribution in [-0.4, -0.2) is 23.9 Å². The number of hydrogen-bond donors (Lipinski definition) is 1. The summed E-state index contributed by atoms with van der Waals surface area (Å²) < 4.78 is 13.6. The number of nitrogens with zero attached hydrogens (tertiary/aromatic N) is 1. The van der Waals surface area contributed by atoms with E-state index in [1.807, 2.05) is 39.3 Å². The Labute approximate surface area is 183 Å². The first-order valence-electron chi connectivity index (χ1n) is 10.4. The highest BCUT2D eigenvalue weighted by atomic mass is 16.5. The predicted octanol–water partition coefficient (Wildman–Crippen LogP) is 5.43. The van der Waals surface area contributed by atoms with Gasteiger partial charge in [-0.15, -0.1) is 0 Å². The molecule has 31 heavy (non-hydrogen) atoms. The van der Waals surface area contributed by atoms with Crippen LogP contribution >= 0.6 is 0 Å². The van der Waals surface area contributed by atoms with Gasteiger partial charge in [0.15, 0.2) is 0 Å². The lowest BCUT2D eigenvalue weighted by molar-refractivity contribution is 0.387. The van der Waals surface area contributed by atoms with Gasteiger partial charge in [0.25, 0.3) is 0 Å². The highest BCUT2D eigenvalue weighted by molar-refractivity contribution is 6.02. The Morgan fingerprint density at radius 3 is 2.06 bits per heavy atom. The summed E-state index contributed by atoms with van der Waals surface area (Å²) in [6, 6.07) is 5.03. The van der Waals surface area contributed by atoms with Gasteiger partial charge in [0.2, 0.25) is 5.43 Å². The summed E-state index contributed by atoms with van der Waals surface area (Å²) in [6.45, 7) is 8.17. The van der Waals surface area contributed by atoms with E-state index in [2.05, 4.69) is 12.2 Å². The third-order valence-electron chi connectivity index (χ3n) is 5.57. The number of pyridine rings is 1. The van der Waals surface area contributed by atoms with E-state index < -0.39 is 0 Å². The zero-order valence-corrected chi connectivity index (χ0v) is 19.4. The van der Waals surface area contributed by atoms with Crippen LogP contribution < -0.4 is 14.9 Å². The number of phenols is 1. The number of methoxy groups -OCH3 is 2. The molecule has 1 aromatic heterocycles. The molecule has 1 heterocycles. The van der Waals surface area contributed by atoms with Gasteiger partial charge < -0.3 is 19.1 Å². The fourth-order valence-corrected chi connectivity index (χ4v) is 4.16. The van der Waals surface area contributed by atoms with Crippen LogP contribution in [0.25, 0.3) is 21.8 Å². The van der Waals surface area contributed by atoms with E-state index in [-0.39, 0.29) is 11.2 Å². The number of phenolic OH excluding ortho intramolecular Hbond substituents is 1. The maximum Gasteiger partial charge on any atom is 0.201 e. The molecule has 5 nitrogen and oxygen atoms in total. The molecule has 0 fully saturated rings. The lowest BCUT2D eigenvalue weighted by atomic mass is 9.94. The van der Waals surface area contributed by atoms with Crippen molar-refractivity contribution in [2.75, 3.05) is 14.2 Å². The number of ether oxygens (including phenoxy) is 2. The average Bonchev–Trinajstić information content (AvgIpc) is 2.72. The molecule has 164 valence electrons. The fraction of sp³-hybridized carbons (Fsp3) is 0.346. The molecule has 0 saturated heterocycles.